The molecule has 2 heterocycles. The lowest BCUT2D eigenvalue weighted by Gasteiger charge is -2.05. The summed E-state index contributed by atoms with van der Waals surface area (Å²) in [5.41, 5.74) is 5.84. The van der Waals surface area contributed by atoms with Crippen molar-refractivity contribution in [3.63, 3.8) is 0 Å². The molecule has 4 heteroatoms. The average Bonchev–Trinajstić information content (AvgIpc) is 2.95. The van der Waals surface area contributed by atoms with Crippen molar-refractivity contribution in [2.24, 2.45) is 0 Å². The molecule has 3 aromatic rings. The fourth-order valence-corrected chi connectivity index (χ4v) is 3.71. The fraction of sp³-hybridized carbons (Fsp3) is 0.222. The first-order chi connectivity index (χ1) is 10.7. The Morgan fingerprint density at radius 3 is 2.64 bits per heavy atom. The number of hydrogen-bond acceptors (Lipinski definition) is 3. The largest absolute Gasteiger partial charge is 0.264 e. The molecule has 0 amide bonds. The highest BCUT2D eigenvalue weighted by Gasteiger charge is 2.14. The quantitative estimate of drug-likeness (QED) is 0.610. The van der Waals surface area contributed by atoms with Crippen LogP contribution in [0.5, 0.6) is 0 Å². The Balaban J connectivity index is 2.09. The summed E-state index contributed by atoms with van der Waals surface area (Å²) in [5, 5.41) is 1.00. The van der Waals surface area contributed by atoms with Gasteiger partial charge in [-0.3, -0.25) is 4.98 Å². The van der Waals surface area contributed by atoms with Crippen LogP contribution in [0, 0.1) is 13.8 Å². The highest BCUT2D eigenvalue weighted by Crippen LogP contribution is 2.34. The number of pyridine rings is 1. The third kappa shape index (κ3) is 3.06. The Morgan fingerprint density at radius 2 is 1.95 bits per heavy atom. The molecule has 112 valence electrons. The van der Waals surface area contributed by atoms with Gasteiger partial charge in [0.15, 0.2) is 0 Å². The first kappa shape index (κ1) is 15.2. The summed E-state index contributed by atoms with van der Waals surface area (Å²) < 4.78 is 0. The van der Waals surface area contributed by atoms with Crippen molar-refractivity contribution in [3.05, 3.63) is 58.7 Å². The van der Waals surface area contributed by atoms with E-state index in [0.29, 0.717) is 5.88 Å². The van der Waals surface area contributed by atoms with Gasteiger partial charge in [-0.05, 0) is 49.6 Å². The van der Waals surface area contributed by atoms with Crippen molar-refractivity contribution < 1.29 is 0 Å². The summed E-state index contributed by atoms with van der Waals surface area (Å²) in [5.74, 6) is 0.604. The van der Waals surface area contributed by atoms with Crippen LogP contribution in [-0.2, 0) is 6.42 Å². The molecule has 22 heavy (non-hydrogen) atoms. The zero-order valence-corrected chi connectivity index (χ0v) is 14.2. The maximum Gasteiger partial charge on any atom is 0.125 e. The van der Waals surface area contributed by atoms with E-state index in [1.165, 1.54) is 16.0 Å². The van der Waals surface area contributed by atoms with Crippen LogP contribution < -0.4 is 0 Å². The Hall–Kier alpha value is -1.71. The van der Waals surface area contributed by atoms with E-state index in [9.17, 15) is 0 Å². The molecule has 0 aliphatic heterocycles. The average molecular weight is 329 g/mol. The zero-order valence-electron chi connectivity index (χ0n) is 12.6. The highest BCUT2D eigenvalue weighted by atomic mass is 35.5. The Bertz CT molecular complexity index is 781. The van der Waals surface area contributed by atoms with E-state index in [2.05, 4.69) is 37.0 Å². The molecule has 2 nitrogen and oxygen atoms in total. The monoisotopic (exact) mass is 328 g/mol. The summed E-state index contributed by atoms with van der Waals surface area (Å²) >= 11 is 7.68. The van der Waals surface area contributed by atoms with E-state index in [1.807, 2.05) is 18.3 Å². The number of rotatable bonds is 4. The summed E-state index contributed by atoms with van der Waals surface area (Å²) in [7, 11) is 0. The van der Waals surface area contributed by atoms with Gasteiger partial charge in [0.1, 0.15) is 5.01 Å². The molecule has 0 radical (unpaired) electrons. The second-order valence-electron chi connectivity index (χ2n) is 5.27. The summed E-state index contributed by atoms with van der Waals surface area (Å²) in [6.07, 6.45) is 4.47. The molecular weight excluding hydrogens is 312 g/mol. The smallest absolute Gasteiger partial charge is 0.125 e. The Kier molecular flexibility index (Phi) is 4.55. The van der Waals surface area contributed by atoms with Crippen LogP contribution in [-0.4, -0.2) is 15.8 Å². The van der Waals surface area contributed by atoms with Gasteiger partial charge in [0.25, 0.3) is 0 Å². The lowest BCUT2D eigenvalue weighted by Crippen LogP contribution is -1.89. The van der Waals surface area contributed by atoms with E-state index >= 15 is 0 Å². The van der Waals surface area contributed by atoms with E-state index in [-0.39, 0.29) is 0 Å². The number of alkyl halides is 1. The van der Waals surface area contributed by atoms with Gasteiger partial charge in [-0.15, -0.1) is 22.9 Å². The minimum Gasteiger partial charge on any atom is -0.264 e. The molecule has 0 aliphatic carbocycles. The number of aryl methyl sites for hydroxylation is 3. The molecular formula is C18H17ClN2S. The minimum absolute atomic E-state index is 0.604. The van der Waals surface area contributed by atoms with Crippen LogP contribution in [0.2, 0.25) is 0 Å². The maximum atomic E-state index is 5.97. The number of hydrogen-bond donors (Lipinski definition) is 0. The van der Waals surface area contributed by atoms with Gasteiger partial charge in [-0.1, -0.05) is 12.1 Å². The van der Waals surface area contributed by atoms with Crippen molar-refractivity contribution in [1.82, 2.24) is 9.97 Å². The molecule has 0 fully saturated rings. The standard InChI is InChI=1S/C18H17ClN2S/c1-12-5-6-14(10-13(12)2)17-16(7-8-19)22-18(21-17)15-4-3-9-20-11-15/h3-6,9-11H,7-8H2,1-2H3. The van der Waals surface area contributed by atoms with Crippen molar-refractivity contribution in [2.75, 3.05) is 5.88 Å². The number of aromatic nitrogens is 2. The van der Waals surface area contributed by atoms with Crippen molar-refractivity contribution in [3.8, 4) is 21.8 Å². The normalized spacial score (nSPS) is 10.9. The molecule has 0 aliphatic rings. The SMILES string of the molecule is Cc1ccc(-c2nc(-c3cccnc3)sc2CCCl)cc1C. The van der Waals surface area contributed by atoms with Crippen LogP contribution in [0.4, 0.5) is 0 Å². The van der Waals surface area contributed by atoms with E-state index in [0.717, 1.165) is 28.2 Å². The fourth-order valence-electron chi connectivity index (χ4n) is 2.33. The second kappa shape index (κ2) is 6.59. The second-order valence-corrected chi connectivity index (χ2v) is 6.73. The van der Waals surface area contributed by atoms with Crippen LogP contribution in [0.1, 0.15) is 16.0 Å². The Morgan fingerprint density at radius 1 is 1.09 bits per heavy atom. The lowest BCUT2D eigenvalue weighted by atomic mass is 10.0. The van der Waals surface area contributed by atoms with Crippen molar-refractivity contribution >= 4 is 22.9 Å². The van der Waals surface area contributed by atoms with Gasteiger partial charge in [-0.25, -0.2) is 4.98 Å². The molecule has 0 spiro atoms. The molecule has 0 saturated carbocycles. The van der Waals surface area contributed by atoms with Gasteiger partial charge >= 0.3 is 0 Å². The molecule has 3 rings (SSSR count). The number of nitrogens with zero attached hydrogens (tertiary/aromatic N) is 2. The van der Waals surface area contributed by atoms with E-state index in [1.54, 1.807) is 17.5 Å². The predicted molar refractivity (Wildman–Crippen MR) is 94.7 cm³/mol. The molecule has 0 unspecified atom stereocenters. The Labute approximate surface area is 139 Å². The van der Waals surface area contributed by atoms with Crippen molar-refractivity contribution in [1.29, 1.82) is 0 Å². The van der Waals surface area contributed by atoms with E-state index in [4.69, 9.17) is 16.6 Å². The molecule has 1 aromatic carbocycles. The summed E-state index contributed by atoms with van der Waals surface area (Å²) in [4.78, 5) is 10.3. The van der Waals surface area contributed by atoms with Crippen LogP contribution in [0.25, 0.3) is 21.8 Å². The lowest BCUT2D eigenvalue weighted by molar-refractivity contribution is 1.18. The third-order valence-electron chi connectivity index (χ3n) is 3.71. The molecule has 2 aromatic heterocycles. The van der Waals surface area contributed by atoms with Gasteiger partial charge < -0.3 is 0 Å². The zero-order chi connectivity index (χ0) is 15.5. The van der Waals surface area contributed by atoms with Gasteiger partial charge in [0.05, 0.1) is 5.69 Å². The van der Waals surface area contributed by atoms with Gasteiger partial charge in [0.2, 0.25) is 0 Å². The van der Waals surface area contributed by atoms with Crippen LogP contribution in [0.15, 0.2) is 42.7 Å². The first-order valence-electron chi connectivity index (χ1n) is 7.22. The van der Waals surface area contributed by atoms with Crippen LogP contribution in [0.3, 0.4) is 0 Å². The maximum absolute atomic E-state index is 5.97. The number of halogens is 1. The first-order valence-corrected chi connectivity index (χ1v) is 8.58. The highest BCUT2D eigenvalue weighted by molar-refractivity contribution is 7.15. The molecule has 0 saturated heterocycles. The molecule has 0 bridgehead atoms. The predicted octanol–water partition coefficient (Wildman–Crippen LogP) is 5.27. The van der Waals surface area contributed by atoms with E-state index < -0.39 is 0 Å². The molecule has 0 N–H and O–H groups in total. The third-order valence-corrected chi connectivity index (χ3v) is 5.06. The topological polar surface area (TPSA) is 25.8 Å². The van der Waals surface area contributed by atoms with Crippen LogP contribution >= 0.6 is 22.9 Å². The minimum atomic E-state index is 0.604. The summed E-state index contributed by atoms with van der Waals surface area (Å²) in [6.45, 7) is 4.26. The summed E-state index contributed by atoms with van der Waals surface area (Å²) in [6, 6.07) is 10.5. The van der Waals surface area contributed by atoms with Crippen molar-refractivity contribution in [2.45, 2.75) is 20.3 Å². The van der Waals surface area contributed by atoms with Gasteiger partial charge in [0, 0.05) is 34.3 Å². The number of thiazole rings is 1. The molecule has 0 atom stereocenters. The van der Waals surface area contributed by atoms with Gasteiger partial charge in [-0.2, -0.15) is 0 Å². The number of benzene rings is 1.